The van der Waals surface area contributed by atoms with Crippen molar-refractivity contribution in [2.75, 3.05) is 47.5 Å². The van der Waals surface area contributed by atoms with Gasteiger partial charge in [0.1, 0.15) is 0 Å². The van der Waals surface area contributed by atoms with Crippen LogP contribution >= 0.6 is 0 Å². The number of rotatable bonds is 6. The second kappa shape index (κ2) is 8.93. The van der Waals surface area contributed by atoms with Crippen molar-refractivity contribution in [2.24, 2.45) is 0 Å². The molecule has 0 spiro atoms. The van der Waals surface area contributed by atoms with Gasteiger partial charge in [0.15, 0.2) is 11.5 Å². The van der Waals surface area contributed by atoms with Crippen LogP contribution in [0.5, 0.6) is 17.2 Å². The minimum atomic E-state index is -3.58. The van der Waals surface area contributed by atoms with Crippen molar-refractivity contribution in [3.05, 3.63) is 47.5 Å². The third kappa shape index (κ3) is 4.22. The fraction of sp³-hybridized carbons (Fsp3) is 0.381. The van der Waals surface area contributed by atoms with Gasteiger partial charge in [-0.15, -0.1) is 0 Å². The fourth-order valence-corrected chi connectivity index (χ4v) is 4.80. The van der Waals surface area contributed by atoms with Crippen molar-refractivity contribution in [1.82, 2.24) is 9.21 Å². The highest BCUT2D eigenvalue weighted by Crippen LogP contribution is 2.38. The molecule has 1 saturated heterocycles. The van der Waals surface area contributed by atoms with E-state index in [0.29, 0.717) is 35.9 Å². The second-order valence-corrected chi connectivity index (χ2v) is 8.86. The first kappa shape index (κ1) is 21.9. The van der Waals surface area contributed by atoms with Gasteiger partial charge in [0.05, 0.1) is 26.2 Å². The smallest absolute Gasteiger partial charge is 0.254 e. The normalized spacial score (nSPS) is 15.0. The summed E-state index contributed by atoms with van der Waals surface area (Å²) in [6.07, 6.45) is 0. The van der Waals surface area contributed by atoms with Crippen molar-refractivity contribution in [1.29, 1.82) is 0 Å². The lowest BCUT2D eigenvalue weighted by molar-refractivity contribution is 0.0697. The van der Waals surface area contributed by atoms with E-state index in [4.69, 9.17) is 14.2 Å². The van der Waals surface area contributed by atoms with Crippen molar-refractivity contribution in [2.45, 2.75) is 11.8 Å². The minimum Gasteiger partial charge on any atom is -0.493 e. The summed E-state index contributed by atoms with van der Waals surface area (Å²) in [5, 5.41) is 0. The summed E-state index contributed by atoms with van der Waals surface area (Å²) < 4.78 is 43.0. The number of nitrogens with zero attached hydrogens (tertiary/aromatic N) is 2. The number of carbonyl (C=O) groups is 1. The van der Waals surface area contributed by atoms with Gasteiger partial charge in [0.2, 0.25) is 15.8 Å². The molecule has 8 nitrogen and oxygen atoms in total. The topological polar surface area (TPSA) is 85.4 Å². The Hall–Kier alpha value is -2.78. The third-order valence-electron chi connectivity index (χ3n) is 5.10. The molecule has 0 bridgehead atoms. The van der Waals surface area contributed by atoms with Gasteiger partial charge in [-0.2, -0.15) is 4.31 Å². The number of sulfonamides is 1. The van der Waals surface area contributed by atoms with Gasteiger partial charge in [0.25, 0.3) is 5.91 Å². The molecule has 2 aromatic rings. The zero-order valence-corrected chi connectivity index (χ0v) is 18.4. The molecule has 0 unspecified atom stereocenters. The lowest BCUT2D eigenvalue weighted by atomic mass is 10.1. The molecule has 1 heterocycles. The number of amides is 1. The zero-order valence-electron chi connectivity index (χ0n) is 17.5. The molecule has 9 heteroatoms. The first-order valence-electron chi connectivity index (χ1n) is 9.48. The summed E-state index contributed by atoms with van der Waals surface area (Å²) in [5.74, 6) is 0.966. The summed E-state index contributed by atoms with van der Waals surface area (Å²) in [6, 6.07) is 9.96. The van der Waals surface area contributed by atoms with Crippen LogP contribution in [0.15, 0.2) is 41.3 Å². The van der Waals surface area contributed by atoms with E-state index in [0.717, 1.165) is 5.56 Å². The zero-order chi connectivity index (χ0) is 21.9. The molecule has 1 amide bonds. The van der Waals surface area contributed by atoms with E-state index >= 15 is 0 Å². The Morgan fingerprint density at radius 1 is 0.867 bits per heavy atom. The number of carbonyl (C=O) groups excluding carboxylic acids is 1. The molecule has 2 aromatic carbocycles. The predicted octanol–water partition coefficient (Wildman–Crippen LogP) is 2.17. The molecule has 0 aromatic heterocycles. The number of benzene rings is 2. The maximum Gasteiger partial charge on any atom is 0.254 e. The van der Waals surface area contributed by atoms with Gasteiger partial charge < -0.3 is 19.1 Å². The first-order chi connectivity index (χ1) is 14.3. The van der Waals surface area contributed by atoms with Gasteiger partial charge in [-0.1, -0.05) is 17.7 Å². The van der Waals surface area contributed by atoms with Crippen molar-refractivity contribution in [3.8, 4) is 17.2 Å². The number of methoxy groups -OCH3 is 3. The number of hydrogen-bond donors (Lipinski definition) is 0. The molecule has 0 radical (unpaired) electrons. The summed E-state index contributed by atoms with van der Waals surface area (Å²) in [7, 11) is 0.884. The third-order valence-corrected chi connectivity index (χ3v) is 7.01. The molecule has 0 atom stereocenters. The summed E-state index contributed by atoms with van der Waals surface area (Å²) in [5.41, 5.74) is 1.38. The number of piperazine rings is 1. The van der Waals surface area contributed by atoms with Crippen LogP contribution in [0.4, 0.5) is 0 Å². The van der Waals surface area contributed by atoms with Crippen LogP contribution in [0.1, 0.15) is 15.9 Å². The lowest BCUT2D eigenvalue weighted by Crippen LogP contribution is -2.50. The van der Waals surface area contributed by atoms with Crippen molar-refractivity contribution < 1.29 is 27.4 Å². The summed E-state index contributed by atoms with van der Waals surface area (Å²) in [6.45, 7) is 2.95. The van der Waals surface area contributed by atoms with Gasteiger partial charge in [-0.3, -0.25) is 4.79 Å². The van der Waals surface area contributed by atoms with Gasteiger partial charge in [-0.05, 0) is 31.2 Å². The Balaban J connectivity index is 1.75. The Morgan fingerprint density at radius 2 is 1.40 bits per heavy atom. The van der Waals surface area contributed by atoms with Crippen molar-refractivity contribution >= 4 is 15.9 Å². The van der Waals surface area contributed by atoms with E-state index in [1.54, 1.807) is 41.3 Å². The van der Waals surface area contributed by atoms with Gasteiger partial charge >= 0.3 is 0 Å². The highest BCUT2D eigenvalue weighted by atomic mass is 32.2. The van der Waals surface area contributed by atoms with Gasteiger partial charge in [0, 0.05) is 31.7 Å². The molecular formula is C21H26N2O6S. The van der Waals surface area contributed by atoms with E-state index < -0.39 is 10.0 Å². The molecule has 30 heavy (non-hydrogen) atoms. The fourth-order valence-electron chi connectivity index (χ4n) is 3.38. The highest BCUT2D eigenvalue weighted by molar-refractivity contribution is 7.89. The molecule has 0 aliphatic carbocycles. The average Bonchev–Trinajstić information content (AvgIpc) is 2.77. The Kier molecular flexibility index (Phi) is 6.52. The van der Waals surface area contributed by atoms with Crippen LogP contribution in [0.2, 0.25) is 0 Å². The van der Waals surface area contributed by atoms with E-state index in [9.17, 15) is 13.2 Å². The maximum atomic E-state index is 13.0. The molecule has 3 rings (SSSR count). The molecule has 1 aliphatic rings. The van der Waals surface area contributed by atoms with E-state index in [-0.39, 0.29) is 23.9 Å². The van der Waals surface area contributed by atoms with E-state index in [1.165, 1.54) is 25.6 Å². The number of hydrogen-bond acceptors (Lipinski definition) is 6. The number of ether oxygens (including phenoxy) is 3. The quantitative estimate of drug-likeness (QED) is 0.693. The summed E-state index contributed by atoms with van der Waals surface area (Å²) in [4.78, 5) is 14.9. The van der Waals surface area contributed by atoms with E-state index in [2.05, 4.69) is 0 Å². The molecule has 1 fully saturated rings. The SMILES string of the molecule is COc1cc(C(=O)N2CCN(S(=O)(=O)c3ccc(C)cc3)CC2)cc(OC)c1OC. The first-order valence-corrected chi connectivity index (χ1v) is 10.9. The monoisotopic (exact) mass is 434 g/mol. The highest BCUT2D eigenvalue weighted by Gasteiger charge is 2.31. The van der Waals surface area contributed by atoms with Crippen LogP contribution in [0.25, 0.3) is 0 Å². The molecular weight excluding hydrogens is 408 g/mol. The Morgan fingerprint density at radius 3 is 1.87 bits per heavy atom. The van der Waals surface area contributed by atoms with Crippen LogP contribution < -0.4 is 14.2 Å². The largest absolute Gasteiger partial charge is 0.493 e. The maximum absolute atomic E-state index is 13.0. The van der Waals surface area contributed by atoms with Crippen molar-refractivity contribution in [3.63, 3.8) is 0 Å². The van der Waals surface area contributed by atoms with Crippen LogP contribution in [-0.4, -0.2) is 71.0 Å². The van der Waals surface area contributed by atoms with Gasteiger partial charge in [-0.25, -0.2) is 8.42 Å². The second-order valence-electron chi connectivity index (χ2n) is 6.92. The molecule has 0 N–H and O–H groups in total. The van der Waals surface area contributed by atoms with Crippen LogP contribution in [0.3, 0.4) is 0 Å². The molecule has 0 saturated carbocycles. The van der Waals surface area contributed by atoms with Crippen LogP contribution in [0, 0.1) is 6.92 Å². The summed E-state index contributed by atoms with van der Waals surface area (Å²) >= 11 is 0. The Labute approximate surface area is 177 Å². The lowest BCUT2D eigenvalue weighted by Gasteiger charge is -2.34. The predicted molar refractivity (Wildman–Crippen MR) is 112 cm³/mol. The number of aryl methyl sites for hydroxylation is 1. The van der Waals surface area contributed by atoms with E-state index in [1.807, 2.05) is 6.92 Å². The van der Waals surface area contributed by atoms with Crippen LogP contribution in [-0.2, 0) is 10.0 Å². The Bertz CT molecular complexity index is 987. The molecule has 162 valence electrons. The molecule has 1 aliphatic heterocycles. The average molecular weight is 435 g/mol. The minimum absolute atomic E-state index is 0.221. The standard InChI is InChI=1S/C21H26N2O6S/c1-15-5-7-17(8-6-15)30(25,26)23-11-9-22(10-12-23)21(24)16-13-18(27-2)20(29-4)19(14-16)28-3/h5-8,13-14H,9-12H2,1-4H3.